The third-order valence-electron chi connectivity index (χ3n) is 6.93. The topological polar surface area (TPSA) is 75.0 Å². The number of ether oxygens (including phenoxy) is 1. The average Bonchev–Trinajstić information content (AvgIpc) is 3.65. The maximum Gasteiger partial charge on any atom is 0.340 e. The van der Waals surface area contributed by atoms with Crippen molar-refractivity contribution in [1.82, 2.24) is 9.47 Å². The number of phenols is 1. The molecule has 0 radical (unpaired) electrons. The van der Waals surface area contributed by atoms with Gasteiger partial charge in [0.1, 0.15) is 0 Å². The standard InChI is InChI=1S/C26H28BrF2N3O4S/c1-3-36-26(34)23-21(14-37(35)16-6-7-18(28)19(29)12-16)32(15-4-5-15)20-13-17(27)25(33)24(22(20)23)31-10-8-30(2)9-11-31/h6-7,12-13,15,33H,3-5,8-11,14H2,1-2H3. The van der Waals surface area contributed by atoms with Gasteiger partial charge < -0.3 is 24.2 Å². The highest BCUT2D eigenvalue weighted by Crippen LogP contribution is 2.49. The second-order valence-electron chi connectivity index (χ2n) is 9.45. The Kier molecular flexibility index (Phi) is 7.30. The van der Waals surface area contributed by atoms with E-state index in [2.05, 4.69) is 25.7 Å². The van der Waals surface area contributed by atoms with Crippen LogP contribution in [0.4, 0.5) is 14.5 Å². The monoisotopic (exact) mass is 595 g/mol. The van der Waals surface area contributed by atoms with Crippen LogP contribution in [-0.4, -0.2) is 64.6 Å². The third-order valence-corrected chi connectivity index (χ3v) is 8.85. The third kappa shape index (κ3) is 4.88. The summed E-state index contributed by atoms with van der Waals surface area (Å²) in [7, 11) is 0.269. The molecular weight excluding hydrogens is 568 g/mol. The van der Waals surface area contributed by atoms with Gasteiger partial charge in [0, 0.05) is 48.2 Å². The quantitative estimate of drug-likeness (QED) is 0.389. The normalized spacial score (nSPS) is 17.4. The van der Waals surface area contributed by atoms with Crippen molar-refractivity contribution >= 4 is 49.3 Å². The number of rotatable bonds is 7. The first kappa shape index (κ1) is 26.1. The number of aromatic hydroxyl groups is 1. The Balaban J connectivity index is 1.74. The number of piperazine rings is 1. The predicted molar refractivity (Wildman–Crippen MR) is 142 cm³/mol. The molecule has 7 nitrogen and oxygen atoms in total. The van der Waals surface area contributed by atoms with Gasteiger partial charge in [-0.2, -0.15) is 0 Å². The van der Waals surface area contributed by atoms with Crippen LogP contribution in [0.5, 0.6) is 5.75 Å². The summed E-state index contributed by atoms with van der Waals surface area (Å²) >= 11 is 3.50. The molecule has 2 heterocycles. The molecule has 1 aliphatic carbocycles. The minimum atomic E-state index is -1.77. The van der Waals surface area contributed by atoms with Crippen LogP contribution >= 0.6 is 15.9 Å². The molecule has 1 unspecified atom stereocenters. The largest absolute Gasteiger partial charge is 0.505 e. The van der Waals surface area contributed by atoms with Gasteiger partial charge in [0.15, 0.2) is 17.4 Å². The summed E-state index contributed by atoms with van der Waals surface area (Å²) in [6.07, 6.45) is 1.78. The van der Waals surface area contributed by atoms with E-state index in [0.29, 0.717) is 34.3 Å². The first-order valence-electron chi connectivity index (χ1n) is 12.2. The van der Waals surface area contributed by atoms with Crippen molar-refractivity contribution in [2.24, 2.45) is 0 Å². The van der Waals surface area contributed by atoms with Gasteiger partial charge in [-0.05, 0) is 67.0 Å². The minimum Gasteiger partial charge on any atom is -0.505 e. The van der Waals surface area contributed by atoms with Crippen LogP contribution < -0.4 is 4.90 Å². The molecule has 1 atom stereocenters. The number of anilines is 1. The molecule has 0 amide bonds. The van der Waals surface area contributed by atoms with Crippen LogP contribution in [0.3, 0.4) is 0 Å². The van der Waals surface area contributed by atoms with Crippen LogP contribution in [0.25, 0.3) is 10.9 Å². The number of carbonyl (C=O) groups is 1. The van der Waals surface area contributed by atoms with Gasteiger partial charge in [0.25, 0.3) is 0 Å². The number of fused-ring (bicyclic) bond motifs is 1. The zero-order chi connectivity index (χ0) is 26.4. The Bertz CT molecular complexity index is 1400. The fourth-order valence-corrected chi connectivity index (χ4v) is 6.50. The molecule has 1 aromatic heterocycles. The Morgan fingerprint density at radius 3 is 2.49 bits per heavy atom. The molecule has 2 aromatic carbocycles. The van der Waals surface area contributed by atoms with Crippen molar-refractivity contribution in [2.45, 2.75) is 36.5 Å². The van der Waals surface area contributed by atoms with Crippen LogP contribution in [0, 0.1) is 11.6 Å². The summed E-state index contributed by atoms with van der Waals surface area (Å²) in [5, 5.41) is 11.8. The summed E-state index contributed by atoms with van der Waals surface area (Å²) < 4.78 is 48.8. The van der Waals surface area contributed by atoms with Gasteiger partial charge in [0.2, 0.25) is 0 Å². The van der Waals surface area contributed by atoms with Crippen molar-refractivity contribution in [2.75, 3.05) is 44.7 Å². The van der Waals surface area contributed by atoms with Crippen molar-refractivity contribution in [3.8, 4) is 5.75 Å². The second-order valence-corrected chi connectivity index (χ2v) is 11.8. The van der Waals surface area contributed by atoms with E-state index in [9.17, 15) is 22.9 Å². The van der Waals surface area contributed by atoms with Crippen LogP contribution in [0.2, 0.25) is 0 Å². The molecule has 1 saturated carbocycles. The van der Waals surface area contributed by atoms with Gasteiger partial charge in [-0.15, -0.1) is 0 Å². The Morgan fingerprint density at radius 1 is 1.16 bits per heavy atom. The van der Waals surface area contributed by atoms with Crippen LogP contribution in [0.1, 0.15) is 41.9 Å². The highest BCUT2D eigenvalue weighted by Gasteiger charge is 2.36. The van der Waals surface area contributed by atoms with Crippen molar-refractivity contribution in [3.63, 3.8) is 0 Å². The van der Waals surface area contributed by atoms with Gasteiger partial charge in [0.05, 0.1) is 44.4 Å². The van der Waals surface area contributed by atoms with E-state index in [1.54, 1.807) is 13.0 Å². The number of carbonyl (C=O) groups excluding carboxylic acids is 1. The number of hydrogen-bond donors (Lipinski definition) is 1. The summed E-state index contributed by atoms with van der Waals surface area (Å²) in [5.74, 6) is -2.72. The number of nitrogens with zero attached hydrogens (tertiary/aromatic N) is 3. The summed E-state index contributed by atoms with van der Waals surface area (Å²) in [6.45, 7) is 4.75. The Morgan fingerprint density at radius 2 is 1.86 bits per heavy atom. The zero-order valence-electron chi connectivity index (χ0n) is 20.6. The molecule has 2 fully saturated rings. The molecule has 1 N–H and O–H groups in total. The first-order valence-corrected chi connectivity index (χ1v) is 14.3. The van der Waals surface area contributed by atoms with E-state index in [-0.39, 0.29) is 34.6 Å². The van der Waals surface area contributed by atoms with Crippen molar-refractivity contribution in [1.29, 1.82) is 0 Å². The minimum absolute atomic E-state index is 0.0313. The molecule has 1 saturated heterocycles. The first-order chi connectivity index (χ1) is 17.7. The zero-order valence-corrected chi connectivity index (χ0v) is 23.0. The molecule has 198 valence electrons. The van der Waals surface area contributed by atoms with Gasteiger partial charge in [-0.25, -0.2) is 13.6 Å². The average molecular weight is 596 g/mol. The van der Waals surface area contributed by atoms with E-state index < -0.39 is 28.4 Å². The lowest BCUT2D eigenvalue weighted by Crippen LogP contribution is -2.44. The Labute approximate surface area is 224 Å². The van der Waals surface area contributed by atoms with Crippen molar-refractivity contribution < 1.29 is 27.6 Å². The maximum absolute atomic E-state index is 13.9. The number of hydrogen-bond acceptors (Lipinski definition) is 6. The smallest absolute Gasteiger partial charge is 0.340 e. The molecule has 2 aliphatic rings. The number of likely N-dealkylation sites (N-methyl/N-ethyl adjacent to an activating group) is 1. The number of esters is 1. The molecule has 0 bridgehead atoms. The van der Waals surface area contributed by atoms with E-state index in [0.717, 1.165) is 43.6 Å². The van der Waals surface area contributed by atoms with Crippen LogP contribution in [-0.2, 0) is 21.3 Å². The second kappa shape index (κ2) is 10.3. The fourth-order valence-electron chi connectivity index (χ4n) is 4.94. The lowest BCUT2D eigenvalue weighted by molar-refractivity contribution is 0.0527. The molecule has 3 aromatic rings. The number of benzene rings is 2. The van der Waals surface area contributed by atoms with Gasteiger partial charge in [-0.3, -0.25) is 4.21 Å². The fraction of sp³-hybridized carbons (Fsp3) is 0.423. The molecular formula is C26H28BrF2N3O4S. The molecule has 1 aliphatic heterocycles. The van der Waals surface area contributed by atoms with Gasteiger partial charge >= 0.3 is 5.97 Å². The lowest BCUT2D eigenvalue weighted by Gasteiger charge is -2.35. The number of phenolic OH excluding ortho intramolecular Hbond substituents is 1. The van der Waals surface area contributed by atoms with Gasteiger partial charge in [-0.1, -0.05) is 0 Å². The predicted octanol–water partition coefficient (Wildman–Crippen LogP) is 4.96. The molecule has 37 heavy (non-hydrogen) atoms. The highest BCUT2D eigenvalue weighted by molar-refractivity contribution is 9.10. The highest BCUT2D eigenvalue weighted by atomic mass is 79.9. The van der Waals surface area contributed by atoms with E-state index in [4.69, 9.17) is 4.74 Å². The summed E-state index contributed by atoms with van der Waals surface area (Å²) in [6, 6.07) is 5.05. The Hall–Kier alpha value is -2.50. The van der Waals surface area contributed by atoms with E-state index in [1.807, 2.05) is 11.6 Å². The number of aromatic nitrogens is 1. The lowest BCUT2D eigenvalue weighted by atomic mass is 10.1. The maximum atomic E-state index is 13.9. The number of halogens is 3. The van der Waals surface area contributed by atoms with Crippen molar-refractivity contribution in [3.05, 3.63) is 51.6 Å². The van der Waals surface area contributed by atoms with E-state index in [1.165, 1.54) is 6.07 Å². The van der Waals surface area contributed by atoms with Crippen LogP contribution in [0.15, 0.2) is 33.6 Å². The molecule has 0 spiro atoms. The summed E-state index contributed by atoms with van der Waals surface area (Å²) in [4.78, 5) is 17.9. The van der Waals surface area contributed by atoms with E-state index >= 15 is 0 Å². The molecule has 11 heteroatoms. The summed E-state index contributed by atoms with van der Waals surface area (Å²) in [5.41, 5.74) is 2.05. The SMILES string of the molecule is CCOC(=O)c1c(CS(=O)c2ccc(F)c(F)c2)n(C2CC2)c2cc(Br)c(O)c(N3CCN(C)CC3)c12. The molecule has 5 rings (SSSR count).